The van der Waals surface area contributed by atoms with Crippen LogP contribution in [0.2, 0.25) is 10.0 Å². The average molecular weight is 711 g/mol. The van der Waals surface area contributed by atoms with E-state index in [0.29, 0.717) is 21.8 Å². The van der Waals surface area contributed by atoms with Gasteiger partial charge in [0.05, 0.1) is 39.6 Å². The van der Waals surface area contributed by atoms with Crippen molar-refractivity contribution >= 4 is 69.6 Å². The number of phenols is 1. The summed E-state index contributed by atoms with van der Waals surface area (Å²) in [7, 11) is 0. The Kier molecular flexibility index (Phi) is 7.62. The van der Waals surface area contributed by atoms with Crippen LogP contribution in [0.4, 0.5) is 27.1 Å². The van der Waals surface area contributed by atoms with Crippen molar-refractivity contribution in [3.8, 4) is 5.75 Å². The molecule has 2 saturated heterocycles. The maximum absolute atomic E-state index is 14.5. The molecule has 1 saturated carbocycles. The number of carbonyl (C=O) groups excluding carboxylic acids is 4. The van der Waals surface area contributed by atoms with Gasteiger partial charge in [0, 0.05) is 27.9 Å². The monoisotopic (exact) mass is 709 g/mol. The van der Waals surface area contributed by atoms with Crippen LogP contribution in [0.15, 0.2) is 103 Å². The Morgan fingerprint density at radius 3 is 2.22 bits per heavy atom. The quantitative estimate of drug-likeness (QED) is 0.161. The number of amides is 4. The SMILES string of the molecule is C[C@@]12C(=O)N(c3ccc(F)c(Cl)c3)C(=O)[C@@H]1C[C@@H]1C(=CC[C@@H]3C(=O)N(c4ccc(Nc5ccccc5)cc4)C(=O)[C@@H]31)[C@@H]2c1cc(Cl)ccc1O. The zero-order valence-electron chi connectivity index (χ0n) is 26.6. The van der Waals surface area contributed by atoms with E-state index in [1.54, 1.807) is 37.3 Å². The summed E-state index contributed by atoms with van der Waals surface area (Å²) in [6, 6.07) is 24.9. The van der Waals surface area contributed by atoms with Gasteiger partial charge in [-0.2, -0.15) is 0 Å². The number of benzene rings is 4. The zero-order chi connectivity index (χ0) is 35.1. The van der Waals surface area contributed by atoms with Gasteiger partial charge in [0.1, 0.15) is 11.6 Å². The standard InChI is InChI=1S/C39H30Cl2FN3O5/c1-39-29(36(48)45(38(39)50)24-12-15-31(42)30(41)18-24)19-27-25(34(39)28-17-20(40)7-16-32(28)46)13-14-26-33(27)37(49)44(35(26)47)23-10-8-22(9-11-23)43-21-5-3-2-4-6-21/h2-13,15-18,26-27,29,33-34,43,46H,14,19H2,1H3/t26-,27+,29-,33-,34+,39+/m0/s1. The molecule has 2 aliphatic heterocycles. The molecule has 6 atom stereocenters. The first-order valence-electron chi connectivity index (χ1n) is 16.3. The Hall–Kier alpha value is -4.99. The maximum atomic E-state index is 14.5. The van der Waals surface area contributed by atoms with Crippen LogP contribution in [0, 0.1) is 34.9 Å². The minimum absolute atomic E-state index is 0.115. The molecule has 2 heterocycles. The summed E-state index contributed by atoms with van der Waals surface area (Å²) >= 11 is 12.5. The number of hydrogen-bond acceptors (Lipinski definition) is 6. The number of imide groups is 2. The Labute approximate surface area is 297 Å². The Balaban J connectivity index is 1.19. The molecular weight excluding hydrogens is 680 g/mol. The second kappa shape index (κ2) is 11.8. The first-order chi connectivity index (χ1) is 24.0. The van der Waals surface area contributed by atoms with Crippen molar-refractivity contribution in [2.45, 2.75) is 25.7 Å². The van der Waals surface area contributed by atoms with Gasteiger partial charge < -0.3 is 10.4 Å². The van der Waals surface area contributed by atoms with E-state index in [4.69, 9.17) is 23.2 Å². The van der Waals surface area contributed by atoms with Crippen LogP contribution in [0.1, 0.15) is 31.2 Å². The van der Waals surface area contributed by atoms with Gasteiger partial charge in [0.2, 0.25) is 23.6 Å². The third-order valence-corrected chi connectivity index (χ3v) is 11.4. The number of halogens is 3. The summed E-state index contributed by atoms with van der Waals surface area (Å²) in [5.41, 5.74) is 1.86. The molecule has 2 aliphatic carbocycles. The summed E-state index contributed by atoms with van der Waals surface area (Å²) in [5.74, 6) is -6.45. The average Bonchev–Trinajstić information content (AvgIpc) is 3.47. The molecule has 4 aromatic rings. The van der Waals surface area contributed by atoms with E-state index in [1.807, 2.05) is 36.4 Å². The van der Waals surface area contributed by atoms with E-state index in [0.717, 1.165) is 22.3 Å². The highest BCUT2D eigenvalue weighted by Crippen LogP contribution is 2.64. The number of nitrogens with one attached hydrogen (secondary N) is 1. The molecule has 11 heteroatoms. The number of aromatic hydroxyl groups is 1. The van der Waals surface area contributed by atoms with Crippen LogP contribution in [0.25, 0.3) is 0 Å². The van der Waals surface area contributed by atoms with Gasteiger partial charge in [0.15, 0.2) is 0 Å². The number of fused-ring (bicyclic) bond motifs is 4. The van der Waals surface area contributed by atoms with Gasteiger partial charge in [0.25, 0.3) is 0 Å². The third-order valence-electron chi connectivity index (χ3n) is 10.9. The first-order valence-corrected chi connectivity index (χ1v) is 17.1. The number of para-hydroxylation sites is 1. The van der Waals surface area contributed by atoms with Crippen molar-refractivity contribution < 1.29 is 28.7 Å². The molecule has 4 amide bonds. The molecule has 0 aromatic heterocycles. The van der Waals surface area contributed by atoms with Crippen molar-refractivity contribution in [1.82, 2.24) is 0 Å². The fourth-order valence-electron chi connectivity index (χ4n) is 8.62. The predicted octanol–water partition coefficient (Wildman–Crippen LogP) is 8.02. The second-order valence-corrected chi connectivity index (χ2v) is 14.4. The van der Waals surface area contributed by atoms with Crippen LogP contribution in [0.3, 0.4) is 0 Å². The molecule has 50 heavy (non-hydrogen) atoms. The van der Waals surface area contributed by atoms with E-state index in [1.165, 1.54) is 29.2 Å². The lowest BCUT2D eigenvalue weighted by atomic mass is 9.51. The summed E-state index contributed by atoms with van der Waals surface area (Å²) < 4.78 is 14.1. The van der Waals surface area contributed by atoms with Crippen molar-refractivity contribution in [3.05, 3.63) is 124 Å². The number of allylic oxidation sites excluding steroid dienone is 2. The molecule has 4 aliphatic rings. The molecular formula is C39H30Cl2FN3O5. The minimum Gasteiger partial charge on any atom is -0.508 e. The summed E-state index contributed by atoms with van der Waals surface area (Å²) in [4.78, 5) is 59.5. The van der Waals surface area contributed by atoms with E-state index in [9.17, 15) is 28.7 Å². The normalized spacial score (nSPS) is 27.2. The van der Waals surface area contributed by atoms with Gasteiger partial charge in [-0.3, -0.25) is 24.1 Å². The highest BCUT2D eigenvalue weighted by molar-refractivity contribution is 6.32. The molecule has 0 spiro atoms. The Morgan fingerprint density at radius 2 is 1.50 bits per heavy atom. The van der Waals surface area contributed by atoms with E-state index in [2.05, 4.69) is 5.32 Å². The topological polar surface area (TPSA) is 107 Å². The van der Waals surface area contributed by atoms with E-state index >= 15 is 0 Å². The minimum atomic E-state index is -1.41. The molecule has 0 unspecified atom stereocenters. The van der Waals surface area contributed by atoms with Gasteiger partial charge in [-0.1, -0.05) is 53.1 Å². The number of rotatable bonds is 5. The number of nitrogens with zero attached hydrogens (tertiary/aromatic N) is 2. The molecule has 3 fully saturated rings. The van der Waals surface area contributed by atoms with Crippen molar-refractivity contribution in [2.24, 2.45) is 29.1 Å². The van der Waals surface area contributed by atoms with E-state index in [-0.39, 0.29) is 41.1 Å². The fourth-order valence-corrected chi connectivity index (χ4v) is 8.98. The molecule has 8 rings (SSSR count). The molecule has 0 bridgehead atoms. The Morgan fingerprint density at radius 1 is 0.800 bits per heavy atom. The lowest BCUT2D eigenvalue weighted by Gasteiger charge is -2.49. The van der Waals surface area contributed by atoms with Gasteiger partial charge >= 0.3 is 0 Å². The highest BCUT2D eigenvalue weighted by Gasteiger charge is 2.68. The molecule has 8 nitrogen and oxygen atoms in total. The van der Waals surface area contributed by atoms with Crippen molar-refractivity contribution in [2.75, 3.05) is 15.1 Å². The zero-order valence-corrected chi connectivity index (χ0v) is 28.2. The second-order valence-electron chi connectivity index (χ2n) is 13.5. The number of anilines is 4. The molecule has 4 aromatic carbocycles. The predicted molar refractivity (Wildman–Crippen MR) is 188 cm³/mol. The van der Waals surface area contributed by atoms with Crippen molar-refractivity contribution in [1.29, 1.82) is 0 Å². The number of carbonyl (C=O) groups is 4. The van der Waals surface area contributed by atoms with Crippen LogP contribution in [-0.4, -0.2) is 28.7 Å². The number of phenolic OH excluding ortho intramolecular Hbond substituents is 1. The van der Waals surface area contributed by atoms with Crippen LogP contribution in [-0.2, 0) is 19.2 Å². The lowest BCUT2D eigenvalue weighted by Crippen LogP contribution is -2.48. The summed E-state index contributed by atoms with van der Waals surface area (Å²) in [6.07, 6.45) is 2.25. The fraction of sp³-hybridized carbons (Fsp3) is 0.231. The van der Waals surface area contributed by atoms with Gasteiger partial charge in [-0.05, 0) is 98.5 Å². The van der Waals surface area contributed by atoms with E-state index < -0.39 is 52.6 Å². The summed E-state index contributed by atoms with van der Waals surface area (Å²) in [5, 5.41) is 14.6. The maximum Gasteiger partial charge on any atom is 0.241 e. The molecule has 2 N–H and O–H groups in total. The molecule has 252 valence electrons. The largest absolute Gasteiger partial charge is 0.508 e. The highest BCUT2D eigenvalue weighted by atomic mass is 35.5. The van der Waals surface area contributed by atoms with Gasteiger partial charge in [-0.15, -0.1) is 0 Å². The number of hydrogen-bond donors (Lipinski definition) is 2. The third kappa shape index (κ3) is 4.78. The lowest BCUT2D eigenvalue weighted by molar-refractivity contribution is -0.131. The van der Waals surface area contributed by atoms with Crippen LogP contribution in [0.5, 0.6) is 5.75 Å². The first kappa shape index (κ1) is 32.2. The van der Waals surface area contributed by atoms with Gasteiger partial charge in [-0.25, -0.2) is 9.29 Å². The van der Waals surface area contributed by atoms with Crippen LogP contribution < -0.4 is 15.1 Å². The van der Waals surface area contributed by atoms with Crippen LogP contribution >= 0.6 is 23.2 Å². The summed E-state index contributed by atoms with van der Waals surface area (Å²) in [6.45, 7) is 1.69. The molecule has 0 radical (unpaired) electrons. The smallest absolute Gasteiger partial charge is 0.241 e. The van der Waals surface area contributed by atoms with Crippen molar-refractivity contribution in [3.63, 3.8) is 0 Å². The Bertz CT molecular complexity index is 2140.